The zero-order valence-corrected chi connectivity index (χ0v) is 7.15. The van der Waals surface area contributed by atoms with Gasteiger partial charge >= 0.3 is 0 Å². The first kappa shape index (κ1) is 9.92. The maximum Gasteiger partial charge on any atom is 0.0462 e. The highest BCUT2D eigenvalue weighted by Crippen LogP contribution is 1.86. The summed E-state index contributed by atoms with van der Waals surface area (Å²) >= 11 is 0. The van der Waals surface area contributed by atoms with Crippen molar-refractivity contribution in [1.29, 1.82) is 0 Å². The molecule has 2 heteroatoms. The third kappa shape index (κ3) is 7.92. The minimum Gasteiger partial charge on any atom is -0.385 e. The third-order valence-corrected chi connectivity index (χ3v) is 1.38. The molecule has 0 heterocycles. The fourth-order valence-electron chi connectivity index (χ4n) is 0.798. The molecule has 1 N–H and O–H groups in total. The van der Waals surface area contributed by atoms with Crippen LogP contribution in [0.25, 0.3) is 0 Å². The van der Waals surface area contributed by atoms with E-state index >= 15 is 0 Å². The normalized spacial score (nSPS) is 10.2. The summed E-state index contributed by atoms with van der Waals surface area (Å²) in [6, 6.07) is 0. The number of ether oxygens (including phenoxy) is 1. The van der Waals surface area contributed by atoms with Gasteiger partial charge in [-0.2, -0.15) is 0 Å². The third-order valence-electron chi connectivity index (χ3n) is 1.38. The van der Waals surface area contributed by atoms with Crippen LogP contribution in [0, 0.1) is 0 Å². The molecule has 62 valence electrons. The zero-order valence-electron chi connectivity index (χ0n) is 7.15. The quantitative estimate of drug-likeness (QED) is 0.547. The fourth-order valence-corrected chi connectivity index (χ4v) is 0.798. The van der Waals surface area contributed by atoms with E-state index in [2.05, 4.69) is 12.2 Å². The van der Waals surface area contributed by atoms with Crippen molar-refractivity contribution in [3.05, 3.63) is 0 Å². The Kier molecular flexibility index (Phi) is 8.85. The van der Waals surface area contributed by atoms with Gasteiger partial charge in [-0.3, -0.25) is 0 Å². The summed E-state index contributed by atoms with van der Waals surface area (Å²) in [5, 5.41) is 3.34. The Labute approximate surface area is 64.0 Å². The number of rotatable bonds is 7. The Bertz CT molecular complexity index is 49.2. The Morgan fingerprint density at radius 1 is 1.20 bits per heavy atom. The van der Waals surface area contributed by atoms with Crippen LogP contribution in [-0.4, -0.2) is 26.8 Å². The highest BCUT2D eigenvalue weighted by atomic mass is 16.5. The van der Waals surface area contributed by atoms with Crippen LogP contribution in [-0.2, 0) is 4.74 Å². The Morgan fingerprint density at radius 3 is 2.60 bits per heavy atom. The van der Waals surface area contributed by atoms with Crippen molar-refractivity contribution in [3.8, 4) is 0 Å². The molecule has 0 aromatic heterocycles. The molecule has 0 aromatic carbocycles. The number of hydrogen-bond donors (Lipinski definition) is 1. The van der Waals surface area contributed by atoms with E-state index in [0.717, 1.165) is 19.7 Å². The average molecular weight is 145 g/mol. The predicted octanol–water partition coefficient (Wildman–Crippen LogP) is 1.41. The summed E-state index contributed by atoms with van der Waals surface area (Å²) in [5.74, 6) is 0. The van der Waals surface area contributed by atoms with E-state index in [1.165, 1.54) is 19.3 Å². The summed E-state index contributed by atoms with van der Waals surface area (Å²) < 4.78 is 4.92. The van der Waals surface area contributed by atoms with E-state index in [-0.39, 0.29) is 0 Å². The second-order valence-corrected chi connectivity index (χ2v) is 2.45. The number of methoxy groups -OCH3 is 1. The van der Waals surface area contributed by atoms with Gasteiger partial charge in [0.2, 0.25) is 0 Å². The van der Waals surface area contributed by atoms with Gasteiger partial charge in [0.1, 0.15) is 0 Å². The Morgan fingerprint density at radius 2 is 2.00 bits per heavy atom. The lowest BCUT2D eigenvalue weighted by atomic mass is 10.3. The predicted molar refractivity (Wildman–Crippen MR) is 44.3 cm³/mol. The number of unbranched alkanes of at least 4 members (excludes halogenated alkanes) is 1. The van der Waals surface area contributed by atoms with E-state index in [1.807, 2.05) is 0 Å². The van der Waals surface area contributed by atoms with Gasteiger partial charge in [-0.05, 0) is 32.4 Å². The molecule has 0 bridgehead atoms. The Hall–Kier alpha value is -0.0800. The van der Waals surface area contributed by atoms with Crippen LogP contribution in [0.15, 0.2) is 0 Å². The van der Waals surface area contributed by atoms with Crippen molar-refractivity contribution < 1.29 is 4.74 Å². The standard InChI is InChI=1S/C8H19NO/c1-3-6-9-7-4-5-8-10-2/h9H,3-8H2,1-2H3. The average Bonchev–Trinajstić information content (AvgIpc) is 1.97. The second-order valence-electron chi connectivity index (χ2n) is 2.45. The fraction of sp³-hybridized carbons (Fsp3) is 1.00. The summed E-state index contributed by atoms with van der Waals surface area (Å²) in [4.78, 5) is 0. The summed E-state index contributed by atoms with van der Waals surface area (Å²) in [7, 11) is 1.75. The lowest BCUT2D eigenvalue weighted by Crippen LogP contribution is -2.16. The minimum absolute atomic E-state index is 0.897. The van der Waals surface area contributed by atoms with Crippen LogP contribution < -0.4 is 5.32 Å². The highest BCUT2D eigenvalue weighted by molar-refractivity contribution is 4.45. The molecule has 0 spiro atoms. The van der Waals surface area contributed by atoms with Crippen LogP contribution in [0.3, 0.4) is 0 Å². The van der Waals surface area contributed by atoms with Gasteiger partial charge in [0.15, 0.2) is 0 Å². The molecule has 0 rings (SSSR count). The van der Waals surface area contributed by atoms with Gasteiger partial charge < -0.3 is 10.1 Å². The minimum atomic E-state index is 0.897. The molecule has 0 radical (unpaired) electrons. The number of hydrogen-bond acceptors (Lipinski definition) is 2. The lowest BCUT2D eigenvalue weighted by molar-refractivity contribution is 0.192. The van der Waals surface area contributed by atoms with E-state index in [0.29, 0.717) is 0 Å². The van der Waals surface area contributed by atoms with Crippen LogP contribution in [0.4, 0.5) is 0 Å². The molecule has 0 saturated carbocycles. The molecule has 0 unspecified atom stereocenters. The molecular formula is C8H19NO. The molecule has 0 aliphatic rings. The largest absolute Gasteiger partial charge is 0.385 e. The maximum absolute atomic E-state index is 4.92. The zero-order chi connectivity index (χ0) is 7.66. The molecule has 0 saturated heterocycles. The van der Waals surface area contributed by atoms with Gasteiger partial charge in [0, 0.05) is 13.7 Å². The molecule has 0 aliphatic carbocycles. The second kappa shape index (κ2) is 8.92. The first-order valence-electron chi connectivity index (χ1n) is 4.11. The van der Waals surface area contributed by atoms with Gasteiger partial charge in [0.05, 0.1) is 0 Å². The lowest BCUT2D eigenvalue weighted by Gasteiger charge is -2.01. The smallest absolute Gasteiger partial charge is 0.0462 e. The van der Waals surface area contributed by atoms with Crippen LogP contribution in [0.2, 0.25) is 0 Å². The molecule has 0 atom stereocenters. The van der Waals surface area contributed by atoms with E-state index in [1.54, 1.807) is 7.11 Å². The summed E-state index contributed by atoms with van der Waals surface area (Å²) in [6.07, 6.45) is 3.63. The van der Waals surface area contributed by atoms with E-state index in [4.69, 9.17) is 4.74 Å². The SMILES string of the molecule is CCCNCCCCOC. The van der Waals surface area contributed by atoms with Crippen molar-refractivity contribution >= 4 is 0 Å². The van der Waals surface area contributed by atoms with Crippen molar-refractivity contribution in [1.82, 2.24) is 5.32 Å². The van der Waals surface area contributed by atoms with Crippen LogP contribution >= 0.6 is 0 Å². The van der Waals surface area contributed by atoms with Gasteiger partial charge in [-0.15, -0.1) is 0 Å². The summed E-state index contributed by atoms with van der Waals surface area (Å²) in [5.41, 5.74) is 0. The van der Waals surface area contributed by atoms with Crippen molar-refractivity contribution in [3.63, 3.8) is 0 Å². The van der Waals surface area contributed by atoms with Gasteiger partial charge in [-0.1, -0.05) is 6.92 Å². The molecular weight excluding hydrogens is 126 g/mol. The highest BCUT2D eigenvalue weighted by Gasteiger charge is 1.85. The topological polar surface area (TPSA) is 21.3 Å². The molecule has 0 amide bonds. The maximum atomic E-state index is 4.92. The van der Waals surface area contributed by atoms with Gasteiger partial charge in [-0.25, -0.2) is 0 Å². The van der Waals surface area contributed by atoms with Crippen LogP contribution in [0.1, 0.15) is 26.2 Å². The van der Waals surface area contributed by atoms with E-state index < -0.39 is 0 Å². The first-order valence-corrected chi connectivity index (χ1v) is 4.11. The summed E-state index contributed by atoms with van der Waals surface area (Å²) in [6.45, 7) is 5.36. The van der Waals surface area contributed by atoms with E-state index in [9.17, 15) is 0 Å². The molecule has 0 aliphatic heterocycles. The molecule has 2 nitrogen and oxygen atoms in total. The van der Waals surface area contributed by atoms with Crippen molar-refractivity contribution in [2.24, 2.45) is 0 Å². The molecule has 0 aromatic rings. The van der Waals surface area contributed by atoms with Crippen molar-refractivity contribution in [2.75, 3.05) is 26.8 Å². The van der Waals surface area contributed by atoms with Crippen molar-refractivity contribution in [2.45, 2.75) is 26.2 Å². The molecule has 10 heavy (non-hydrogen) atoms. The van der Waals surface area contributed by atoms with Crippen LogP contribution in [0.5, 0.6) is 0 Å². The molecule has 0 fully saturated rings. The number of nitrogens with one attached hydrogen (secondary N) is 1. The first-order chi connectivity index (χ1) is 4.91. The monoisotopic (exact) mass is 145 g/mol. The Balaban J connectivity index is 2.65. The van der Waals surface area contributed by atoms with Gasteiger partial charge in [0.25, 0.3) is 0 Å².